The monoisotopic (exact) mass is 478 g/mol. The maximum Gasteiger partial charge on any atom is 0.418 e. The zero-order valence-corrected chi connectivity index (χ0v) is 18.4. The Balaban J connectivity index is 1.45. The number of amides is 4. The lowest BCUT2D eigenvalue weighted by atomic mass is 9.97. The molecule has 0 atom stereocenters. The lowest BCUT2D eigenvalue weighted by Crippen LogP contribution is -2.44. The number of hydrogen-bond acceptors (Lipinski definition) is 4. The van der Waals surface area contributed by atoms with E-state index in [0.29, 0.717) is 37.4 Å². The van der Waals surface area contributed by atoms with Crippen molar-refractivity contribution in [3.63, 3.8) is 0 Å². The van der Waals surface area contributed by atoms with Crippen LogP contribution in [0, 0.1) is 5.92 Å². The fourth-order valence-corrected chi connectivity index (χ4v) is 3.62. The van der Waals surface area contributed by atoms with Gasteiger partial charge in [0.2, 0.25) is 0 Å². The minimum Gasteiger partial charge on any atom is -0.495 e. The third-order valence-corrected chi connectivity index (χ3v) is 5.49. The van der Waals surface area contributed by atoms with Crippen LogP contribution in [0.3, 0.4) is 0 Å². The number of alkyl halides is 3. The van der Waals surface area contributed by atoms with Crippen molar-refractivity contribution in [1.29, 1.82) is 0 Å². The van der Waals surface area contributed by atoms with E-state index in [1.807, 2.05) is 5.32 Å². The number of carbonyl (C=O) groups excluding carboxylic acids is 3. The van der Waals surface area contributed by atoms with Crippen LogP contribution in [0.5, 0.6) is 5.75 Å². The Labute approximate surface area is 194 Å². The molecule has 3 N–H and O–H groups in total. The molecule has 0 spiro atoms. The Morgan fingerprint density at radius 2 is 1.56 bits per heavy atom. The molecule has 1 heterocycles. The second kappa shape index (κ2) is 10.9. The molecule has 2 aromatic rings. The molecule has 1 aliphatic rings. The molecule has 1 aliphatic heterocycles. The molecule has 0 aliphatic carbocycles. The number of halogens is 3. The summed E-state index contributed by atoms with van der Waals surface area (Å²) in [7, 11) is 1.51. The highest BCUT2D eigenvalue weighted by molar-refractivity contribution is 6.39. The molecule has 3 rings (SSSR count). The van der Waals surface area contributed by atoms with Crippen LogP contribution in [0.4, 0.5) is 29.3 Å². The third-order valence-electron chi connectivity index (χ3n) is 5.49. The first-order valence-corrected chi connectivity index (χ1v) is 10.6. The maximum absolute atomic E-state index is 13.0. The molecule has 182 valence electrons. The number of ether oxygens (including phenoxy) is 1. The SMILES string of the molecule is COc1ccccc1NC(=O)N1CCC(CNC(=O)C(=O)Nc2ccccc2C(F)(F)F)CC1. The lowest BCUT2D eigenvalue weighted by molar-refractivity contribution is -0.138. The summed E-state index contributed by atoms with van der Waals surface area (Å²) in [5.41, 5.74) is -0.957. The van der Waals surface area contributed by atoms with Crippen molar-refractivity contribution in [2.45, 2.75) is 19.0 Å². The van der Waals surface area contributed by atoms with Crippen molar-refractivity contribution in [2.24, 2.45) is 5.92 Å². The van der Waals surface area contributed by atoms with Gasteiger partial charge in [0.1, 0.15) is 5.75 Å². The van der Waals surface area contributed by atoms with Gasteiger partial charge in [-0.25, -0.2) is 4.79 Å². The van der Waals surface area contributed by atoms with E-state index in [9.17, 15) is 27.6 Å². The molecule has 4 amide bonds. The molecular weight excluding hydrogens is 453 g/mol. The zero-order chi connectivity index (χ0) is 24.7. The fourth-order valence-electron chi connectivity index (χ4n) is 3.62. The number of piperidine rings is 1. The number of anilines is 2. The van der Waals surface area contributed by atoms with E-state index in [0.717, 1.165) is 12.1 Å². The Bertz CT molecular complexity index is 1040. The van der Waals surface area contributed by atoms with Crippen LogP contribution in [0.2, 0.25) is 0 Å². The van der Waals surface area contributed by atoms with Crippen molar-refractivity contribution in [1.82, 2.24) is 10.2 Å². The van der Waals surface area contributed by atoms with Crippen LogP contribution in [-0.2, 0) is 15.8 Å². The first kappa shape index (κ1) is 24.9. The lowest BCUT2D eigenvalue weighted by Gasteiger charge is -2.32. The Morgan fingerprint density at radius 3 is 2.21 bits per heavy atom. The maximum atomic E-state index is 13.0. The summed E-state index contributed by atoms with van der Waals surface area (Å²) in [4.78, 5) is 38.3. The molecule has 2 aromatic carbocycles. The Morgan fingerprint density at radius 1 is 0.941 bits per heavy atom. The van der Waals surface area contributed by atoms with Crippen LogP contribution < -0.4 is 20.7 Å². The van der Waals surface area contributed by atoms with Crippen LogP contribution >= 0.6 is 0 Å². The van der Waals surface area contributed by atoms with E-state index in [-0.39, 0.29) is 18.5 Å². The van der Waals surface area contributed by atoms with Gasteiger partial charge in [0.05, 0.1) is 24.0 Å². The van der Waals surface area contributed by atoms with Gasteiger partial charge in [0, 0.05) is 19.6 Å². The van der Waals surface area contributed by atoms with Gasteiger partial charge in [-0.2, -0.15) is 13.2 Å². The van der Waals surface area contributed by atoms with Crippen molar-refractivity contribution < 1.29 is 32.3 Å². The van der Waals surface area contributed by atoms with Gasteiger partial charge in [0.15, 0.2) is 0 Å². The van der Waals surface area contributed by atoms with Gasteiger partial charge in [-0.05, 0) is 43.0 Å². The average Bonchev–Trinajstić information content (AvgIpc) is 2.82. The molecule has 0 unspecified atom stereocenters. The number of nitrogens with zero attached hydrogens (tertiary/aromatic N) is 1. The van der Waals surface area contributed by atoms with Gasteiger partial charge in [-0.15, -0.1) is 0 Å². The number of carbonyl (C=O) groups is 3. The Hall–Kier alpha value is -3.76. The van der Waals surface area contributed by atoms with Gasteiger partial charge < -0.3 is 25.6 Å². The molecule has 0 aromatic heterocycles. The minimum atomic E-state index is -4.66. The average molecular weight is 478 g/mol. The molecular formula is C23H25F3N4O4. The summed E-state index contributed by atoms with van der Waals surface area (Å²) in [6.45, 7) is 1.08. The minimum absolute atomic E-state index is 0.0227. The van der Waals surface area contributed by atoms with Gasteiger partial charge in [0.25, 0.3) is 0 Å². The number of urea groups is 1. The second-order valence-corrected chi connectivity index (χ2v) is 7.77. The molecule has 11 heteroatoms. The largest absolute Gasteiger partial charge is 0.495 e. The van der Waals surface area contributed by atoms with E-state index in [1.54, 1.807) is 29.2 Å². The standard InChI is InChI=1S/C23H25F3N4O4/c1-34-19-9-5-4-8-18(19)29-22(33)30-12-10-15(11-13-30)14-27-20(31)21(32)28-17-7-3-2-6-16(17)23(24,25)26/h2-9,15H,10-14H2,1H3,(H,27,31)(H,28,32)(H,29,33). The molecule has 0 bridgehead atoms. The molecule has 34 heavy (non-hydrogen) atoms. The molecule has 0 radical (unpaired) electrons. The van der Waals surface area contributed by atoms with Crippen molar-refractivity contribution in [2.75, 3.05) is 37.4 Å². The van der Waals surface area contributed by atoms with E-state index >= 15 is 0 Å². The fraction of sp³-hybridized carbons (Fsp3) is 0.348. The predicted octanol–water partition coefficient (Wildman–Crippen LogP) is 3.71. The number of hydrogen-bond donors (Lipinski definition) is 3. The summed E-state index contributed by atoms with van der Waals surface area (Å²) >= 11 is 0. The van der Waals surface area contributed by atoms with E-state index in [1.165, 1.54) is 19.2 Å². The summed E-state index contributed by atoms with van der Waals surface area (Å²) in [5.74, 6) is -1.63. The van der Waals surface area contributed by atoms with Gasteiger partial charge >= 0.3 is 24.0 Å². The first-order chi connectivity index (χ1) is 16.2. The van der Waals surface area contributed by atoms with Crippen molar-refractivity contribution in [3.8, 4) is 5.75 Å². The number of nitrogens with one attached hydrogen (secondary N) is 3. The number of likely N-dealkylation sites (tertiary alicyclic amines) is 1. The molecule has 8 nitrogen and oxygen atoms in total. The highest BCUT2D eigenvalue weighted by Gasteiger charge is 2.34. The van der Waals surface area contributed by atoms with Crippen molar-refractivity contribution in [3.05, 3.63) is 54.1 Å². The van der Waals surface area contributed by atoms with Gasteiger partial charge in [-0.1, -0.05) is 24.3 Å². The summed E-state index contributed by atoms with van der Waals surface area (Å²) in [5, 5.41) is 7.29. The van der Waals surface area contributed by atoms with Gasteiger partial charge in [-0.3, -0.25) is 9.59 Å². The summed E-state index contributed by atoms with van der Waals surface area (Å²) in [6.07, 6.45) is -3.47. The van der Waals surface area contributed by atoms with E-state index < -0.39 is 29.2 Å². The smallest absolute Gasteiger partial charge is 0.418 e. The third kappa shape index (κ3) is 6.40. The normalized spacial score (nSPS) is 14.3. The van der Waals surface area contributed by atoms with E-state index in [4.69, 9.17) is 4.74 Å². The topological polar surface area (TPSA) is 99.8 Å². The number of methoxy groups -OCH3 is 1. The number of para-hydroxylation sites is 3. The molecule has 1 saturated heterocycles. The summed E-state index contributed by atoms with van der Waals surface area (Å²) in [6, 6.07) is 11.2. The number of benzene rings is 2. The Kier molecular flexibility index (Phi) is 7.98. The zero-order valence-electron chi connectivity index (χ0n) is 18.4. The van der Waals surface area contributed by atoms with Crippen LogP contribution in [0.25, 0.3) is 0 Å². The van der Waals surface area contributed by atoms with Crippen LogP contribution in [0.15, 0.2) is 48.5 Å². The molecule has 0 saturated carbocycles. The first-order valence-electron chi connectivity index (χ1n) is 10.6. The van der Waals surface area contributed by atoms with E-state index in [2.05, 4.69) is 10.6 Å². The van der Waals surface area contributed by atoms with Crippen LogP contribution in [-0.4, -0.2) is 49.5 Å². The van der Waals surface area contributed by atoms with Crippen molar-refractivity contribution >= 4 is 29.2 Å². The summed E-state index contributed by atoms with van der Waals surface area (Å²) < 4.78 is 44.4. The van der Waals surface area contributed by atoms with Crippen LogP contribution in [0.1, 0.15) is 18.4 Å². The highest BCUT2D eigenvalue weighted by atomic mass is 19.4. The quantitative estimate of drug-likeness (QED) is 0.571. The number of rotatable bonds is 5. The second-order valence-electron chi connectivity index (χ2n) is 7.77. The molecule has 1 fully saturated rings. The predicted molar refractivity (Wildman–Crippen MR) is 119 cm³/mol. The highest BCUT2D eigenvalue weighted by Crippen LogP contribution is 2.34.